The van der Waals surface area contributed by atoms with Crippen molar-refractivity contribution in [3.8, 4) is 6.07 Å². The van der Waals surface area contributed by atoms with E-state index in [0.717, 1.165) is 29.8 Å². The Bertz CT molecular complexity index is 1410. The molecule has 0 unspecified atom stereocenters. The highest BCUT2D eigenvalue weighted by Crippen LogP contribution is 2.41. The Hall–Kier alpha value is -3.30. The van der Waals surface area contributed by atoms with Crippen molar-refractivity contribution >= 4 is 26.8 Å². The van der Waals surface area contributed by atoms with Crippen LogP contribution in [0, 0.1) is 17.2 Å². The number of hydrogen-bond acceptors (Lipinski definition) is 7. The van der Waals surface area contributed by atoms with E-state index in [0.29, 0.717) is 23.5 Å². The standard InChI is InChI=1S/C20H23N9O2S/c1-2-14-7-15(27-32(30,31)6-5-28-12-13(9-21)10-24-28)8-16(14)20-26-25-18-11-23-19-17(29(18)20)3-4-22-19/h3-4,10-12,14-16,22,27H,2,5-8H2,1H3/t14-,15+,16+/m1/s1. The van der Waals surface area contributed by atoms with Crippen LogP contribution in [0.4, 0.5) is 0 Å². The largest absolute Gasteiger partial charge is 0.345 e. The molecule has 4 heterocycles. The maximum atomic E-state index is 12.7. The van der Waals surface area contributed by atoms with Crippen molar-refractivity contribution < 1.29 is 8.42 Å². The van der Waals surface area contributed by atoms with Gasteiger partial charge in [-0.15, -0.1) is 10.2 Å². The third-order valence-electron chi connectivity index (χ3n) is 6.22. The zero-order chi connectivity index (χ0) is 22.3. The van der Waals surface area contributed by atoms with Gasteiger partial charge in [0.15, 0.2) is 11.3 Å². The number of fused-ring (bicyclic) bond motifs is 3. The van der Waals surface area contributed by atoms with Gasteiger partial charge in [-0.1, -0.05) is 13.3 Å². The normalized spacial score (nSPS) is 21.4. The Labute approximate surface area is 184 Å². The smallest absolute Gasteiger partial charge is 0.213 e. The molecule has 4 aromatic heterocycles. The van der Waals surface area contributed by atoms with Crippen LogP contribution in [0.25, 0.3) is 16.8 Å². The van der Waals surface area contributed by atoms with Gasteiger partial charge in [0.2, 0.25) is 10.0 Å². The van der Waals surface area contributed by atoms with Gasteiger partial charge < -0.3 is 4.98 Å². The van der Waals surface area contributed by atoms with Crippen molar-refractivity contribution in [1.29, 1.82) is 5.26 Å². The van der Waals surface area contributed by atoms with E-state index in [-0.39, 0.29) is 24.3 Å². The molecule has 0 bridgehead atoms. The fraction of sp³-hybridized carbons (Fsp3) is 0.450. The number of nitrogens with one attached hydrogen (secondary N) is 2. The van der Waals surface area contributed by atoms with Crippen LogP contribution in [0.3, 0.4) is 0 Å². The van der Waals surface area contributed by atoms with Gasteiger partial charge in [0.05, 0.1) is 35.8 Å². The average Bonchev–Trinajstić information content (AvgIpc) is 3.56. The van der Waals surface area contributed by atoms with Crippen molar-refractivity contribution in [3.63, 3.8) is 0 Å². The molecule has 3 atom stereocenters. The first kappa shape index (κ1) is 20.6. The molecule has 1 saturated carbocycles. The highest BCUT2D eigenvalue weighted by molar-refractivity contribution is 7.89. The van der Waals surface area contributed by atoms with Crippen LogP contribution >= 0.6 is 0 Å². The van der Waals surface area contributed by atoms with Crippen LogP contribution in [-0.2, 0) is 16.6 Å². The molecular formula is C20H23N9O2S. The van der Waals surface area contributed by atoms with E-state index in [1.54, 1.807) is 12.4 Å². The Morgan fingerprint density at radius 1 is 1.31 bits per heavy atom. The predicted octanol–water partition coefficient (Wildman–Crippen LogP) is 1.57. The number of aromatic nitrogens is 7. The first-order valence-corrected chi connectivity index (χ1v) is 12.2. The summed E-state index contributed by atoms with van der Waals surface area (Å²) in [5.41, 5.74) is 2.77. The summed E-state index contributed by atoms with van der Waals surface area (Å²) in [4.78, 5) is 7.48. The quantitative estimate of drug-likeness (QED) is 0.432. The number of nitriles is 1. The topological polar surface area (TPSA) is 147 Å². The average molecular weight is 454 g/mol. The number of nitrogens with zero attached hydrogens (tertiary/aromatic N) is 7. The van der Waals surface area contributed by atoms with Crippen molar-refractivity contribution in [3.05, 3.63) is 42.2 Å². The monoisotopic (exact) mass is 453 g/mol. The van der Waals surface area contributed by atoms with Crippen LogP contribution < -0.4 is 4.72 Å². The SMILES string of the molecule is CC[C@@H]1C[C@H](NS(=O)(=O)CCn2cc(C#N)cn2)C[C@@H]1c1nnc2cnc3[nH]ccc3n12. The lowest BCUT2D eigenvalue weighted by Crippen LogP contribution is -2.36. The summed E-state index contributed by atoms with van der Waals surface area (Å²) in [6.45, 7) is 2.31. The van der Waals surface area contributed by atoms with Gasteiger partial charge >= 0.3 is 0 Å². The van der Waals surface area contributed by atoms with E-state index >= 15 is 0 Å². The minimum absolute atomic E-state index is 0.0903. The summed E-state index contributed by atoms with van der Waals surface area (Å²) in [7, 11) is -3.50. The summed E-state index contributed by atoms with van der Waals surface area (Å²) in [5, 5.41) is 21.7. The van der Waals surface area contributed by atoms with E-state index in [4.69, 9.17) is 5.26 Å². The molecule has 32 heavy (non-hydrogen) atoms. The molecule has 11 nitrogen and oxygen atoms in total. The number of hydrogen-bond donors (Lipinski definition) is 2. The fourth-order valence-electron chi connectivity index (χ4n) is 4.70. The second-order valence-electron chi connectivity index (χ2n) is 8.21. The molecule has 166 valence electrons. The van der Waals surface area contributed by atoms with Gasteiger partial charge in [-0.25, -0.2) is 18.1 Å². The Morgan fingerprint density at radius 2 is 2.19 bits per heavy atom. The highest BCUT2D eigenvalue weighted by Gasteiger charge is 2.38. The van der Waals surface area contributed by atoms with Crippen LogP contribution in [-0.4, -0.2) is 54.6 Å². The Kier molecular flexibility index (Phi) is 5.15. The molecule has 4 aromatic rings. The summed E-state index contributed by atoms with van der Waals surface area (Å²) in [6.07, 6.45) is 8.82. The molecule has 0 amide bonds. The van der Waals surface area contributed by atoms with Gasteiger partial charge in [-0.2, -0.15) is 10.4 Å². The number of aromatic amines is 1. The van der Waals surface area contributed by atoms with E-state index in [1.165, 1.54) is 10.9 Å². The number of aryl methyl sites for hydroxylation is 1. The second kappa shape index (κ2) is 7.99. The summed E-state index contributed by atoms with van der Waals surface area (Å²) >= 11 is 0. The van der Waals surface area contributed by atoms with Crippen LogP contribution in [0.5, 0.6) is 0 Å². The van der Waals surface area contributed by atoms with E-state index in [1.807, 2.05) is 22.7 Å². The zero-order valence-corrected chi connectivity index (χ0v) is 18.3. The first-order valence-electron chi connectivity index (χ1n) is 10.6. The predicted molar refractivity (Wildman–Crippen MR) is 116 cm³/mol. The maximum Gasteiger partial charge on any atom is 0.213 e. The molecule has 0 aliphatic heterocycles. The third-order valence-corrected chi connectivity index (χ3v) is 7.63. The number of sulfonamides is 1. The van der Waals surface area contributed by atoms with E-state index in [2.05, 4.69) is 36.9 Å². The first-order chi connectivity index (χ1) is 15.5. The van der Waals surface area contributed by atoms with Gasteiger partial charge in [-0.3, -0.25) is 9.08 Å². The van der Waals surface area contributed by atoms with Gasteiger partial charge in [0, 0.05) is 24.4 Å². The second-order valence-corrected chi connectivity index (χ2v) is 10.1. The molecule has 12 heteroatoms. The summed E-state index contributed by atoms with van der Waals surface area (Å²) < 4.78 is 31.8. The molecule has 1 aliphatic carbocycles. The minimum Gasteiger partial charge on any atom is -0.345 e. The summed E-state index contributed by atoms with van der Waals surface area (Å²) in [6, 6.07) is 3.77. The van der Waals surface area contributed by atoms with Gasteiger partial charge in [0.25, 0.3) is 0 Å². The molecule has 1 aliphatic rings. The lowest BCUT2D eigenvalue weighted by atomic mass is 9.93. The van der Waals surface area contributed by atoms with E-state index in [9.17, 15) is 8.42 Å². The van der Waals surface area contributed by atoms with Crippen LogP contribution in [0.15, 0.2) is 30.9 Å². The van der Waals surface area contributed by atoms with Crippen molar-refractivity contribution in [2.24, 2.45) is 5.92 Å². The number of H-pyrrole nitrogens is 1. The molecule has 0 aromatic carbocycles. The highest BCUT2D eigenvalue weighted by atomic mass is 32.2. The number of rotatable bonds is 7. The minimum atomic E-state index is -3.50. The van der Waals surface area contributed by atoms with Crippen molar-refractivity contribution in [2.45, 2.75) is 44.7 Å². The maximum absolute atomic E-state index is 12.7. The molecule has 5 rings (SSSR count). The molecular weight excluding hydrogens is 430 g/mol. The van der Waals surface area contributed by atoms with E-state index < -0.39 is 10.0 Å². The molecule has 2 N–H and O–H groups in total. The Morgan fingerprint density at radius 3 is 2.97 bits per heavy atom. The fourth-order valence-corrected chi connectivity index (χ4v) is 5.94. The van der Waals surface area contributed by atoms with Crippen molar-refractivity contribution in [2.75, 3.05) is 5.75 Å². The van der Waals surface area contributed by atoms with Crippen molar-refractivity contribution in [1.82, 2.24) is 39.1 Å². The zero-order valence-electron chi connectivity index (χ0n) is 17.5. The lowest BCUT2D eigenvalue weighted by molar-refractivity contribution is 0.449. The Balaban J connectivity index is 1.33. The molecule has 1 fully saturated rings. The lowest BCUT2D eigenvalue weighted by Gasteiger charge is -2.16. The molecule has 0 radical (unpaired) electrons. The van der Waals surface area contributed by atoms with Gasteiger partial charge in [-0.05, 0) is 24.8 Å². The third kappa shape index (κ3) is 3.74. The summed E-state index contributed by atoms with van der Waals surface area (Å²) in [5.74, 6) is 1.14. The van der Waals surface area contributed by atoms with Crippen LogP contribution in [0.1, 0.15) is 43.5 Å². The van der Waals surface area contributed by atoms with Gasteiger partial charge in [0.1, 0.15) is 11.9 Å². The molecule has 0 saturated heterocycles. The van der Waals surface area contributed by atoms with Crippen LogP contribution in [0.2, 0.25) is 0 Å². The molecule has 0 spiro atoms.